The lowest BCUT2D eigenvalue weighted by atomic mass is 10.1. The van der Waals surface area contributed by atoms with E-state index >= 15 is 0 Å². The van der Waals surface area contributed by atoms with E-state index in [9.17, 15) is 26.0 Å². The summed E-state index contributed by atoms with van der Waals surface area (Å²) < 4.78 is 82.3. The molecule has 2 heterocycles. The molecular weight excluding hydrogens is 432 g/mol. The fourth-order valence-electron chi connectivity index (χ4n) is 2.37. The number of hydrogen-bond donors (Lipinski definition) is 2. The van der Waals surface area contributed by atoms with Crippen molar-refractivity contribution in [3.8, 4) is 11.5 Å². The molecule has 0 saturated heterocycles. The predicted octanol–water partition coefficient (Wildman–Crippen LogP) is 2.44. The Morgan fingerprint density at radius 1 is 1.13 bits per heavy atom. The highest BCUT2D eigenvalue weighted by Gasteiger charge is 2.20. The molecule has 9 nitrogen and oxygen atoms in total. The topological polar surface area (TPSA) is 123 Å². The number of hydrogen-bond acceptors (Lipinski definition) is 8. The maximum atomic E-state index is 14.2. The fourth-order valence-corrected chi connectivity index (χ4v) is 2.84. The second-order valence-corrected chi connectivity index (χ2v) is 7.86. The van der Waals surface area contributed by atoms with Crippen molar-refractivity contribution >= 4 is 16.0 Å². The maximum absolute atomic E-state index is 14.2. The third-order valence-electron chi connectivity index (χ3n) is 3.72. The Morgan fingerprint density at radius 3 is 2.40 bits per heavy atom. The van der Waals surface area contributed by atoms with Crippen molar-refractivity contribution in [3.05, 3.63) is 53.7 Å². The van der Waals surface area contributed by atoms with Crippen LogP contribution in [0.25, 0.3) is 11.5 Å². The molecule has 0 bridgehead atoms. The first-order chi connectivity index (χ1) is 14.1. The van der Waals surface area contributed by atoms with E-state index in [1.54, 1.807) is 0 Å². The Hall–Kier alpha value is -3.13. The van der Waals surface area contributed by atoms with Crippen LogP contribution in [-0.4, -0.2) is 41.4 Å². The molecule has 160 valence electrons. The van der Waals surface area contributed by atoms with Gasteiger partial charge in [0, 0.05) is 30.6 Å². The zero-order valence-corrected chi connectivity index (χ0v) is 16.0. The minimum absolute atomic E-state index is 0.0290. The zero-order chi connectivity index (χ0) is 21.9. The monoisotopic (exact) mass is 446 g/mol. The van der Waals surface area contributed by atoms with Gasteiger partial charge in [-0.3, -0.25) is 0 Å². The summed E-state index contributed by atoms with van der Waals surface area (Å²) >= 11 is 0. The van der Waals surface area contributed by atoms with E-state index in [1.165, 1.54) is 12.4 Å². The van der Waals surface area contributed by atoms with Crippen LogP contribution in [-0.2, 0) is 10.0 Å². The van der Waals surface area contributed by atoms with E-state index in [1.807, 2.05) is 0 Å². The molecule has 1 atom stereocenters. The van der Waals surface area contributed by atoms with Crippen LogP contribution < -0.4 is 10.0 Å². The molecule has 1 aromatic carbocycles. The number of aromatic nitrogens is 4. The van der Waals surface area contributed by atoms with Crippen LogP contribution in [0.5, 0.6) is 0 Å². The third kappa shape index (κ3) is 5.48. The molecule has 3 rings (SSSR count). The highest BCUT2D eigenvalue weighted by molar-refractivity contribution is 7.88. The normalized spacial score (nSPS) is 12.9. The third-order valence-corrected chi connectivity index (χ3v) is 4.41. The largest absolute Gasteiger partial charge is 0.415 e. The van der Waals surface area contributed by atoms with Crippen molar-refractivity contribution in [2.75, 3.05) is 18.1 Å². The number of sulfonamides is 1. The van der Waals surface area contributed by atoms with Crippen molar-refractivity contribution in [1.82, 2.24) is 24.9 Å². The van der Waals surface area contributed by atoms with Gasteiger partial charge in [0.2, 0.25) is 16.0 Å². The standard InChI is InChI=1S/C16H14F4N6O3S/c1-30(27,28)23-7-12(10-3-2-9(17)4-11(10)18)24-16-21-5-8(6-22-16)14-25-26-15(29-14)13(19)20/h2-6,12-13,23H,7H2,1H3,(H,21,22,24). The number of nitrogens with zero attached hydrogens (tertiary/aromatic N) is 4. The summed E-state index contributed by atoms with van der Waals surface area (Å²) in [4.78, 5) is 7.91. The van der Waals surface area contributed by atoms with Crippen LogP contribution >= 0.6 is 0 Å². The molecular formula is C16H14F4N6O3S. The molecule has 0 fully saturated rings. The molecule has 0 amide bonds. The van der Waals surface area contributed by atoms with Gasteiger partial charge in [0.05, 0.1) is 17.9 Å². The lowest BCUT2D eigenvalue weighted by Crippen LogP contribution is -2.31. The quantitative estimate of drug-likeness (QED) is 0.506. The van der Waals surface area contributed by atoms with Gasteiger partial charge in [-0.25, -0.2) is 31.9 Å². The molecule has 0 saturated carbocycles. The van der Waals surface area contributed by atoms with Gasteiger partial charge in [-0.1, -0.05) is 6.07 Å². The van der Waals surface area contributed by atoms with Crippen LogP contribution in [0.4, 0.5) is 23.5 Å². The number of rotatable bonds is 8. The van der Waals surface area contributed by atoms with Gasteiger partial charge >= 0.3 is 6.43 Å². The highest BCUT2D eigenvalue weighted by Crippen LogP contribution is 2.24. The Kier molecular flexibility index (Phi) is 6.26. The van der Waals surface area contributed by atoms with E-state index < -0.39 is 40.0 Å². The Labute approximate surface area is 167 Å². The molecule has 0 aliphatic carbocycles. The van der Waals surface area contributed by atoms with E-state index in [2.05, 4.69) is 30.2 Å². The van der Waals surface area contributed by atoms with Gasteiger partial charge in [-0.2, -0.15) is 8.78 Å². The smallest absolute Gasteiger partial charge is 0.314 e. The lowest BCUT2D eigenvalue weighted by Gasteiger charge is -2.20. The number of benzene rings is 1. The second kappa shape index (κ2) is 8.71. The van der Waals surface area contributed by atoms with E-state index in [0.29, 0.717) is 6.07 Å². The summed E-state index contributed by atoms with van der Waals surface area (Å²) in [5, 5.41) is 9.39. The minimum Gasteiger partial charge on any atom is -0.415 e. The van der Waals surface area contributed by atoms with Crippen LogP contribution in [0, 0.1) is 11.6 Å². The SMILES string of the molecule is CS(=O)(=O)NCC(Nc1ncc(-c2nnc(C(F)F)o2)cn1)c1ccc(F)cc1F. The Balaban J connectivity index is 1.82. The van der Waals surface area contributed by atoms with Crippen LogP contribution in [0.3, 0.4) is 0 Å². The number of nitrogens with one attached hydrogen (secondary N) is 2. The van der Waals surface area contributed by atoms with Crippen molar-refractivity contribution in [2.24, 2.45) is 0 Å². The van der Waals surface area contributed by atoms with Gasteiger partial charge in [-0.15, -0.1) is 10.2 Å². The average molecular weight is 446 g/mol. The van der Waals surface area contributed by atoms with Crippen LogP contribution in [0.2, 0.25) is 0 Å². The maximum Gasteiger partial charge on any atom is 0.314 e. The van der Waals surface area contributed by atoms with Crippen molar-refractivity contribution in [1.29, 1.82) is 0 Å². The molecule has 0 aliphatic heterocycles. The molecule has 3 aromatic rings. The number of anilines is 1. The summed E-state index contributed by atoms with van der Waals surface area (Å²) in [6.07, 6.45) is 0.385. The first-order valence-electron chi connectivity index (χ1n) is 8.22. The fraction of sp³-hybridized carbons (Fsp3) is 0.250. The lowest BCUT2D eigenvalue weighted by molar-refractivity contribution is 0.116. The summed E-state index contributed by atoms with van der Waals surface area (Å²) in [7, 11) is -3.60. The molecule has 0 radical (unpaired) electrons. The molecule has 2 N–H and O–H groups in total. The Morgan fingerprint density at radius 2 is 1.83 bits per heavy atom. The number of alkyl halides is 2. The van der Waals surface area contributed by atoms with Gasteiger partial charge in [0.15, 0.2) is 0 Å². The molecule has 14 heteroatoms. The first kappa shape index (κ1) is 21.6. The zero-order valence-electron chi connectivity index (χ0n) is 15.2. The van der Waals surface area contributed by atoms with Gasteiger partial charge in [-0.05, 0) is 6.07 Å². The van der Waals surface area contributed by atoms with Crippen molar-refractivity contribution in [3.63, 3.8) is 0 Å². The molecule has 1 unspecified atom stereocenters. The predicted molar refractivity (Wildman–Crippen MR) is 95.8 cm³/mol. The van der Waals surface area contributed by atoms with Crippen molar-refractivity contribution in [2.45, 2.75) is 12.5 Å². The highest BCUT2D eigenvalue weighted by atomic mass is 32.2. The van der Waals surface area contributed by atoms with Crippen LogP contribution in [0.1, 0.15) is 23.9 Å². The van der Waals surface area contributed by atoms with Crippen molar-refractivity contribution < 1.29 is 30.4 Å². The number of halogens is 4. The van der Waals surface area contributed by atoms with E-state index in [0.717, 1.165) is 18.4 Å². The molecule has 0 aliphatic rings. The van der Waals surface area contributed by atoms with Crippen LogP contribution in [0.15, 0.2) is 35.0 Å². The van der Waals surface area contributed by atoms with E-state index in [4.69, 9.17) is 4.42 Å². The van der Waals surface area contributed by atoms with Gasteiger partial charge < -0.3 is 9.73 Å². The summed E-state index contributed by atoms with van der Waals surface area (Å²) in [6.45, 7) is -0.284. The van der Waals surface area contributed by atoms with E-state index in [-0.39, 0.29) is 29.5 Å². The minimum atomic E-state index is -3.60. The Bertz CT molecular complexity index is 1120. The summed E-state index contributed by atoms with van der Waals surface area (Å²) in [5.41, 5.74) is 0.123. The summed E-state index contributed by atoms with van der Waals surface area (Å²) in [5.74, 6) is -2.82. The molecule has 30 heavy (non-hydrogen) atoms. The van der Waals surface area contributed by atoms with Gasteiger partial charge in [0.25, 0.3) is 11.8 Å². The molecule has 0 spiro atoms. The second-order valence-electron chi connectivity index (χ2n) is 6.02. The molecule has 2 aromatic heterocycles. The first-order valence-corrected chi connectivity index (χ1v) is 10.1. The van der Waals surface area contributed by atoms with Gasteiger partial charge in [0.1, 0.15) is 11.6 Å². The average Bonchev–Trinajstić information content (AvgIpc) is 3.16. The summed E-state index contributed by atoms with van der Waals surface area (Å²) in [6, 6.07) is 1.85.